The molecule has 0 saturated carbocycles. The van der Waals surface area contributed by atoms with Crippen molar-refractivity contribution in [2.75, 3.05) is 7.05 Å². The van der Waals surface area contributed by atoms with Gasteiger partial charge in [-0.25, -0.2) is 0 Å². The van der Waals surface area contributed by atoms with Crippen molar-refractivity contribution in [3.63, 3.8) is 0 Å². The minimum Gasteiger partial charge on any atom is -0.300 e. The highest BCUT2D eigenvalue weighted by Gasteiger charge is 2.47. The number of carbonyl (C=O) groups excluding carboxylic acids is 1. The number of carbonyl (C=O) groups is 1. The summed E-state index contributed by atoms with van der Waals surface area (Å²) in [6.45, 7) is 0. The maximum absolute atomic E-state index is 13.2. The molecule has 0 aromatic heterocycles. The van der Waals surface area contributed by atoms with Gasteiger partial charge in [-0.15, -0.1) is 0 Å². The van der Waals surface area contributed by atoms with Gasteiger partial charge in [-0.1, -0.05) is 6.07 Å². The third kappa shape index (κ3) is 3.28. The lowest BCUT2D eigenvalue weighted by Gasteiger charge is -2.36. The molecule has 8 heteroatoms. The van der Waals surface area contributed by atoms with E-state index in [4.69, 9.17) is 0 Å². The van der Waals surface area contributed by atoms with E-state index in [2.05, 4.69) is 4.90 Å². The molecular formula is C17H17F6NO. The number of hydrogen-bond acceptors (Lipinski definition) is 2. The summed E-state index contributed by atoms with van der Waals surface area (Å²) in [7, 11) is 1.88. The van der Waals surface area contributed by atoms with Crippen molar-refractivity contribution in [1.82, 2.24) is 4.90 Å². The molecule has 2 aliphatic heterocycles. The second-order valence-electron chi connectivity index (χ2n) is 6.81. The Morgan fingerprint density at radius 3 is 1.80 bits per heavy atom. The number of benzene rings is 1. The zero-order valence-electron chi connectivity index (χ0n) is 13.4. The first-order valence-corrected chi connectivity index (χ1v) is 8.03. The fourth-order valence-corrected chi connectivity index (χ4v) is 4.12. The Kier molecular flexibility index (Phi) is 4.38. The van der Waals surface area contributed by atoms with Crippen molar-refractivity contribution in [3.8, 4) is 0 Å². The fourth-order valence-electron chi connectivity index (χ4n) is 4.12. The van der Waals surface area contributed by atoms with Gasteiger partial charge in [-0.2, -0.15) is 26.3 Å². The van der Waals surface area contributed by atoms with Crippen LogP contribution in [0.3, 0.4) is 0 Å². The van der Waals surface area contributed by atoms with Gasteiger partial charge >= 0.3 is 12.4 Å². The SMILES string of the molecule is CN1C2CCC1CC(C(=O)c1c(C(F)(F)F)cccc1C(F)(F)F)C2. The Hall–Kier alpha value is -1.57. The maximum Gasteiger partial charge on any atom is 0.417 e. The van der Waals surface area contributed by atoms with Crippen LogP contribution in [0.2, 0.25) is 0 Å². The zero-order valence-corrected chi connectivity index (χ0v) is 13.4. The first kappa shape index (κ1) is 18.2. The first-order valence-electron chi connectivity index (χ1n) is 8.03. The summed E-state index contributed by atoms with van der Waals surface area (Å²) >= 11 is 0. The molecule has 0 aliphatic carbocycles. The van der Waals surface area contributed by atoms with Gasteiger partial charge in [0, 0.05) is 23.6 Å². The van der Waals surface area contributed by atoms with Crippen LogP contribution in [0.15, 0.2) is 18.2 Å². The topological polar surface area (TPSA) is 20.3 Å². The number of nitrogens with zero attached hydrogens (tertiary/aromatic N) is 1. The number of piperidine rings is 1. The average Bonchev–Trinajstić information content (AvgIpc) is 2.73. The minimum absolute atomic E-state index is 0.0417. The number of hydrogen-bond donors (Lipinski definition) is 0. The number of ketones is 1. The van der Waals surface area contributed by atoms with E-state index in [1.54, 1.807) is 0 Å². The normalized spacial score (nSPS) is 27.6. The molecular weight excluding hydrogens is 348 g/mol. The Morgan fingerprint density at radius 2 is 1.40 bits per heavy atom. The quantitative estimate of drug-likeness (QED) is 0.555. The highest BCUT2D eigenvalue weighted by Crippen LogP contribution is 2.44. The molecule has 1 aromatic rings. The second-order valence-corrected chi connectivity index (χ2v) is 6.81. The molecule has 0 spiro atoms. The predicted octanol–water partition coefficient (Wildman–Crippen LogP) is 4.78. The summed E-state index contributed by atoms with van der Waals surface area (Å²) in [5.41, 5.74) is -4.23. The number of halogens is 6. The molecule has 0 radical (unpaired) electrons. The molecule has 3 rings (SSSR count). The smallest absolute Gasteiger partial charge is 0.300 e. The highest BCUT2D eigenvalue weighted by atomic mass is 19.4. The third-order valence-electron chi connectivity index (χ3n) is 5.39. The van der Waals surface area contributed by atoms with Crippen LogP contribution in [0.1, 0.15) is 47.2 Å². The minimum atomic E-state index is -5.02. The number of fused-ring (bicyclic) bond motifs is 2. The van der Waals surface area contributed by atoms with Crippen molar-refractivity contribution in [1.29, 1.82) is 0 Å². The molecule has 2 unspecified atom stereocenters. The van der Waals surface area contributed by atoms with Crippen molar-refractivity contribution in [3.05, 3.63) is 34.9 Å². The molecule has 2 saturated heterocycles. The molecule has 1 aromatic carbocycles. The molecule has 2 aliphatic rings. The van der Waals surface area contributed by atoms with Gasteiger partial charge in [0.25, 0.3) is 0 Å². The Balaban J connectivity index is 2.05. The van der Waals surface area contributed by atoms with Crippen LogP contribution in [0, 0.1) is 5.92 Å². The lowest BCUT2D eigenvalue weighted by molar-refractivity contribution is -0.143. The largest absolute Gasteiger partial charge is 0.417 e. The van der Waals surface area contributed by atoms with Crippen molar-refractivity contribution in [2.24, 2.45) is 5.92 Å². The van der Waals surface area contributed by atoms with Crippen molar-refractivity contribution in [2.45, 2.75) is 50.1 Å². The zero-order chi connectivity index (χ0) is 18.6. The second kappa shape index (κ2) is 6.00. The average molecular weight is 365 g/mol. The van der Waals surface area contributed by atoms with Gasteiger partial charge in [0.1, 0.15) is 0 Å². The van der Waals surface area contributed by atoms with E-state index in [0.717, 1.165) is 12.8 Å². The van der Waals surface area contributed by atoms with E-state index in [1.807, 2.05) is 7.05 Å². The summed E-state index contributed by atoms with van der Waals surface area (Å²) in [5, 5.41) is 0. The van der Waals surface area contributed by atoms with Gasteiger partial charge in [0.05, 0.1) is 11.1 Å². The summed E-state index contributed by atoms with van der Waals surface area (Å²) in [6.07, 6.45) is -7.80. The van der Waals surface area contributed by atoms with Crippen molar-refractivity contribution < 1.29 is 31.1 Å². The molecule has 2 atom stereocenters. The Bertz CT molecular complexity index is 634. The number of alkyl halides is 6. The van der Waals surface area contributed by atoms with E-state index >= 15 is 0 Å². The highest BCUT2D eigenvalue weighted by molar-refractivity contribution is 6.01. The number of rotatable bonds is 2. The van der Waals surface area contributed by atoms with E-state index in [9.17, 15) is 31.1 Å². The fraction of sp³-hybridized carbons (Fsp3) is 0.588. The maximum atomic E-state index is 13.2. The van der Waals surface area contributed by atoms with E-state index in [-0.39, 0.29) is 12.1 Å². The van der Waals surface area contributed by atoms with Crippen LogP contribution >= 0.6 is 0 Å². The summed E-state index contributed by atoms with van der Waals surface area (Å²) in [5.74, 6) is -1.84. The Labute approximate surface area is 140 Å². The van der Waals surface area contributed by atoms with E-state index < -0.39 is 40.7 Å². The van der Waals surface area contributed by atoms with E-state index in [0.29, 0.717) is 31.0 Å². The first-order chi connectivity index (χ1) is 11.5. The van der Waals surface area contributed by atoms with Crippen LogP contribution in [-0.4, -0.2) is 29.8 Å². The van der Waals surface area contributed by atoms with Gasteiger partial charge in [0.15, 0.2) is 5.78 Å². The monoisotopic (exact) mass is 365 g/mol. The number of Topliss-reactive ketones (excluding diaryl/α,β-unsaturated/α-hetero) is 1. The van der Waals surface area contributed by atoms with Crippen LogP contribution in [0.4, 0.5) is 26.3 Å². The van der Waals surface area contributed by atoms with E-state index in [1.165, 1.54) is 0 Å². The standard InChI is InChI=1S/C17H17F6NO/c1-24-10-5-6-11(24)8-9(7-10)15(25)14-12(16(18,19)20)3-2-4-13(14)17(21,22)23/h2-4,9-11H,5-8H2,1H3. The summed E-state index contributed by atoms with van der Waals surface area (Å²) in [6, 6.07) is 1.87. The van der Waals surface area contributed by atoms with Gasteiger partial charge in [0.2, 0.25) is 0 Å². The summed E-state index contributed by atoms with van der Waals surface area (Å²) < 4.78 is 79.5. The molecule has 0 N–H and O–H groups in total. The molecule has 25 heavy (non-hydrogen) atoms. The molecule has 138 valence electrons. The Morgan fingerprint density at radius 1 is 0.960 bits per heavy atom. The van der Waals surface area contributed by atoms with Crippen LogP contribution < -0.4 is 0 Å². The van der Waals surface area contributed by atoms with Gasteiger partial charge in [-0.05, 0) is 44.9 Å². The lowest BCUT2D eigenvalue weighted by atomic mass is 9.82. The lowest BCUT2D eigenvalue weighted by Crippen LogP contribution is -2.42. The van der Waals surface area contributed by atoms with Crippen LogP contribution in [0.5, 0.6) is 0 Å². The van der Waals surface area contributed by atoms with Crippen LogP contribution in [0.25, 0.3) is 0 Å². The molecule has 0 amide bonds. The van der Waals surface area contributed by atoms with Crippen molar-refractivity contribution >= 4 is 5.78 Å². The summed E-state index contributed by atoms with van der Waals surface area (Å²) in [4.78, 5) is 14.8. The van der Waals surface area contributed by atoms with Crippen LogP contribution in [-0.2, 0) is 12.4 Å². The van der Waals surface area contributed by atoms with Gasteiger partial charge in [-0.3, -0.25) is 4.79 Å². The molecule has 2 heterocycles. The molecule has 2 bridgehead atoms. The molecule has 2 nitrogen and oxygen atoms in total. The predicted molar refractivity (Wildman–Crippen MR) is 78.1 cm³/mol. The van der Waals surface area contributed by atoms with Gasteiger partial charge < -0.3 is 4.90 Å². The molecule has 2 fully saturated rings. The third-order valence-corrected chi connectivity index (χ3v) is 5.39.